The smallest absolute Gasteiger partial charge is 0.305 e. The van der Waals surface area contributed by atoms with Gasteiger partial charge in [0, 0.05) is 26.7 Å². The Morgan fingerprint density at radius 3 is 2.35 bits per heavy atom. The molecule has 0 aliphatic rings. The van der Waals surface area contributed by atoms with Gasteiger partial charge in [0.05, 0.1) is 6.42 Å². The summed E-state index contributed by atoms with van der Waals surface area (Å²) >= 11 is 0. The van der Waals surface area contributed by atoms with E-state index in [-0.39, 0.29) is 24.1 Å². The molecule has 0 saturated carbocycles. The zero-order valence-electron chi connectivity index (χ0n) is 12.2. The van der Waals surface area contributed by atoms with Crippen LogP contribution >= 0.6 is 0 Å². The SMILES string of the molecule is CCN(c1ccc(C(=O)N(C)C)nn1)C(C)CC(=O)O. The lowest BCUT2D eigenvalue weighted by Crippen LogP contribution is -2.35. The van der Waals surface area contributed by atoms with Gasteiger partial charge in [-0.15, -0.1) is 10.2 Å². The Balaban J connectivity index is 2.90. The largest absolute Gasteiger partial charge is 0.481 e. The van der Waals surface area contributed by atoms with Crippen molar-refractivity contribution in [3.05, 3.63) is 17.8 Å². The minimum absolute atomic E-state index is 0.0217. The van der Waals surface area contributed by atoms with Crippen LogP contribution in [0.4, 0.5) is 5.82 Å². The fraction of sp³-hybridized carbons (Fsp3) is 0.538. The van der Waals surface area contributed by atoms with E-state index in [1.807, 2.05) is 18.7 Å². The summed E-state index contributed by atoms with van der Waals surface area (Å²) in [5.41, 5.74) is 0.265. The van der Waals surface area contributed by atoms with Gasteiger partial charge in [0.1, 0.15) is 0 Å². The fourth-order valence-corrected chi connectivity index (χ4v) is 1.88. The van der Waals surface area contributed by atoms with Gasteiger partial charge in [-0.2, -0.15) is 0 Å². The number of nitrogens with zero attached hydrogens (tertiary/aromatic N) is 4. The molecule has 0 spiro atoms. The van der Waals surface area contributed by atoms with Crippen molar-refractivity contribution in [3.8, 4) is 0 Å². The Labute approximate surface area is 118 Å². The number of carbonyl (C=O) groups excluding carboxylic acids is 1. The number of amides is 1. The number of rotatable bonds is 6. The van der Waals surface area contributed by atoms with Crippen molar-refractivity contribution in [1.29, 1.82) is 0 Å². The van der Waals surface area contributed by atoms with Crippen molar-refractivity contribution < 1.29 is 14.7 Å². The summed E-state index contributed by atoms with van der Waals surface area (Å²) in [7, 11) is 3.29. The molecule has 1 aromatic heterocycles. The summed E-state index contributed by atoms with van der Waals surface area (Å²) in [6, 6.07) is 3.09. The Morgan fingerprint density at radius 2 is 1.95 bits per heavy atom. The molecule has 0 aliphatic carbocycles. The van der Waals surface area contributed by atoms with Gasteiger partial charge in [0.2, 0.25) is 0 Å². The molecule has 1 unspecified atom stereocenters. The van der Waals surface area contributed by atoms with Crippen LogP contribution in [0.25, 0.3) is 0 Å². The number of hydrogen-bond acceptors (Lipinski definition) is 5. The van der Waals surface area contributed by atoms with Crippen LogP contribution in [-0.2, 0) is 4.79 Å². The molecule has 1 heterocycles. The average Bonchev–Trinajstić information content (AvgIpc) is 2.38. The third kappa shape index (κ3) is 3.91. The topological polar surface area (TPSA) is 86.6 Å². The number of anilines is 1. The van der Waals surface area contributed by atoms with Crippen molar-refractivity contribution in [2.75, 3.05) is 25.5 Å². The van der Waals surface area contributed by atoms with E-state index in [0.717, 1.165) is 0 Å². The van der Waals surface area contributed by atoms with Gasteiger partial charge in [0.25, 0.3) is 5.91 Å². The van der Waals surface area contributed by atoms with E-state index in [1.165, 1.54) is 4.90 Å². The van der Waals surface area contributed by atoms with Crippen molar-refractivity contribution >= 4 is 17.7 Å². The molecule has 0 saturated heterocycles. The first-order valence-corrected chi connectivity index (χ1v) is 6.40. The van der Waals surface area contributed by atoms with Gasteiger partial charge in [-0.1, -0.05) is 0 Å². The highest BCUT2D eigenvalue weighted by atomic mass is 16.4. The quantitative estimate of drug-likeness (QED) is 0.832. The summed E-state index contributed by atoms with van der Waals surface area (Å²) < 4.78 is 0. The Kier molecular flexibility index (Phi) is 5.42. The Morgan fingerprint density at radius 1 is 1.30 bits per heavy atom. The molecule has 1 atom stereocenters. The second kappa shape index (κ2) is 6.83. The van der Waals surface area contributed by atoms with Gasteiger partial charge < -0.3 is 14.9 Å². The number of carbonyl (C=O) groups is 2. The normalized spacial score (nSPS) is 11.8. The van der Waals surface area contributed by atoms with Gasteiger partial charge >= 0.3 is 5.97 Å². The highest BCUT2D eigenvalue weighted by Crippen LogP contribution is 2.15. The summed E-state index contributed by atoms with van der Waals surface area (Å²) in [5, 5.41) is 16.8. The van der Waals surface area contributed by atoms with Crippen molar-refractivity contribution in [3.63, 3.8) is 0 Å². The van der Waals surface area contributed by atoms with E-state index in [9.17, 15) is 9.59 Å². The second-order valence-corrected chi connectivity index (χ2v) is 4.71. The molecule has 0 aromatic carbocycles. The summed E-state index contributed by atoms with van der Waals surface area (Å²) in [4.78, 5) is 25.7. The molecule has 0 aliphatic heterocycles. The first kappa shape index (κ1) is 15.9. The maximum absolute atomic E-state index is 11.7. The van der Waals surface area contributed by atoms with Crippen molar-refractivity contribution in [2.24, 2.45) is 0 Å². The average molecular weight is 280 g/mol. The lowest BCUT2D eigenvalue weighted by Gasteiger charge is -2.27. The monoisotopic (exact) mass is 280 g/mol. The van der Waals surface area contributed by atoms with E-state index in [4.69, 9.17) is 5.11 Å². The third-order valence-corrected chi connectivity index (χ3v) is 2.91. The van der Waals surface area contributed by atoms with Gasteiger partial charge in [-0.05, 0) is 26.0 Å². The lowest BCUT2D eigenvalue weighted by molar-refractivity contribution is -0.137. The van der Waals surface area contributed by atoms with Crippen LogP contribution in [0, 0.1) is 0 Å². The van der Waals surface area contributed by atoms with E-state index in [0.29, 0.717) is 12.4 Å². The maximum atomic E-state index is 11.7. The number of carboxylic acids is 1. The third-order valence-electron chi connectivity index (χ3n) is 2.91. The summed E-state index contributed by atoms with van der Waals surface area (Å²) in [5.74, 6) is -0.509. The molecule has 1 N–H and O–H groups in total. The second-order valence-electron chi connectivity index (χ2n) is 4.71. The molecule has 0 bridgehead atoms. The van der Waals surface area contributed by atoms with Gasteiger partial charge in [-0.25, -0.2) is 0 Å². The summed E-state index contributed by atoms with van der Waals surface area (Å²) in [6.07, 6.45) is 0.0217. The van der Waals surface area contributed by atoms with Crippen LogP contribution in [0.15, 0.2) is 12.1 Å². The molecule has 7 nitrogen and oxygen atoms in total. The lowest BCUT2D eigenvalue weighted by atomic mass is 10.2. The molecule has 7 heteroatoms. The van der Waals surface area contributed by atoms with Crippen LogP contribution in [0.1, 0.15) is 30.8 Å². The molecule has 0 fully saturated rings. The molecular formula is C13H20N4O3. The predicted molar refractivity (Wildman–Crippen MR) is 74.8 cm³/mol. The van der Waals surface area contributed by atoms with Crippen LogP contribution in [0.2, 0.25) is 0 Å². The highest BCUT2D eigenvalue weighted by molar-refractivity contribution is 5.91. The van der Waals surface area contributed by atoms with Crippen LogP contribution < -0.4 is 4.90 Å². The maximum Gasteiger partial charge on any atom is 0.305 e. The Bertz CT molecular complexity index is 473. The number of aromatic nitrogens is 2. The molecule has 1 aromatic rings. The van der Waals surface area contributed by atoms with E-state index in [2.05, 4.69) is 10.2 Å². The molecule has 0 radical (unpaired) electrons. The van der Waals surface area contributed by atoms with Crippen LogP contribution in [-0.4, -0.2) is 58.8 Å². The zero-order valence-corrected chi connectivity index (χ0v) is 12.2. The van der Waals surface area contributed by atoms with Crippen molar-refractivity contribution in [2.45, 2.75) is 26.3 Å². The minimum Gasteiger partial charge on any atom is -0.481 e. The number of carboxylic acid groups (broad SMARTS) is 1. The van der Waals surface area contributed by atoms with Gasteiger partial charge in [0.15, 0.2) is 11.5 Å². The molecule has 1 amide bonds. The van der Waals surface area contributed by atoms with E-state index < -0.39 is 5.97 Å². The summed E-state index contributed by atoms with van der Waals surface area (Å²) in [6.45, 7) is 4.35. The minimum atomic E-state index is -0.858. The molecule has 20 heavy (non-hydrogen) atoms. The number of hydrogen-bond donors (Lipinski definition) is 1. The predicted octanol–water partition coefficient (Wildman–Crippen LogP) is 0.868. The standard InChI is InChI=1S/C13H20N4O3/c1-5-17(9(2)8-12(18)19)11-7-6-10(14-15-11)13(20)16(3)4/h6-7,9H,5,8H2,1-4H3,(H,18,19). The Hall–Kier alpha value is -2.18. The molecule has 110 valence electrons. The number of aliphatic carboxylic acids is 1. The van der Waals surface area contributed by atoms with E-state index in [1.54, 1.807) is 26.2 Å². The molecule has 1 rings (SSSR count). The molecular weight excluding hydrogens is 260 g/mol. The fourth-order valence-electron chi connectivity index (χ4n) is 1.88. The first-order valence-electron chi connectivity index (χ1n) is 6.40. The van der Waals surface area contributed by atoms with E-state index >= 15 is 0 Å². The zero-order chi connectivity index (χ0) is 15.3. The van der Waals surface area contributed by atoms with Crippen LogP contribution in [0.5, 0.6) is 0 Å². The first-order chi connectivity index (χ1) is 9.36. The van der Waals surface area contributed by atoms with Gasteiger partial charge in [-0.3, -0.25) is 9.59 Å². The van der Waals surface area contributed by atoms with Crippen molar-refractivity contribution in [1.82, 2.24) is 15.1 Å². The van der Waals surface area contributed by atoms with Crippen LogP contribution in [0.3, 0.4) is 0 Å². The highest BCUT2D eigenvalue weighted by Gasteiger charge is 2.18.